The normalized spacial score (nSPS) is 14.1. The summed E-state index contributed by atoms with van der Waals surface area (Å²) in [6, 6.07) is 0. The number of hydrogen-bond donors (Lipinski definition) is 1. The summed E-state index contributed by atoms with van der Waals surface area (Å²) in [6.07, 6.45) is 5.35. The van der Waals surface area contributed by atoms with E-state index in [2.05, 4.69) is 24.1 Å². The van der Waals surface area contributed by atoms with Crippen LogP contribution in [0.3, 0.4) is 0 Å². The van der Waals surface area contributed by atoms with Crippen molar-refractivity contribution < 1.29 is 4.79 Å². The quantitative estimate of drug-likeness (QED) is 0.619. The molecule has 136 valence electrons. The highest BCUT2D eigenvalue weighted by Crippen LogP contribution is 2.34. The Bertz CT molecular complexity index is 839. The van der Waals surface area contributed by atoms with Gasteiger partial charge in [-0.2, -0.15) is 0 Å². The van der Waals surface area contributed by atoms with Gasteiger partial charge < -0.3 is 5.32 Å². The molecule has 2 aromatic heterocycles. The number of nitrogens with zero attached hydrogens (tertiary/aromatic N) is 2. The highest BCUT2D eigenvalue weighted by Gasteiger charge is 2.21. The summed E-state index contributed by atoms with van der Waals surface area (Å²) < 4.78 is 1.59. The predicted molar refractivity (Wildman–Crippen MR) is 105 cm³/mol. The lowest BCUT2D eigenvalue weighted by Crippen LogP contribution is -2.27. The van der Waals surface area contributed by atoms with Crippen molar-refractivity contribution in [1.29, 1.82) is 0 Å². The van der Waals surface area contributed by atoms with Crippen molar-refractivity contribution in [1.82, 2.24) is 14.9 Å². The lowest BCUT2D eigenvalue weighted by atomic mass is 9.97. The molecule has 0 bridgehead atoms. The summed E-state index contributed by atoms with van der Waals surface area (Å²) in [5.41, 5.74) is 1.23. The van der Waals surface area contributed by atoms with E-state index in [4.69, 9.17) is 0 Å². The van der Waals surface area contributed by atoms with Crippen LogP contribution in [-0.2, 0) is 24.7 Å². The Morgan fingerprint density at radius 3 is 2.88 bits per heavy atom. The number of carbonyl (C=O) groups excluding carboxylic acids is 1. The molecule has 7 heteroatoms. The van der Waals surface area contributed by atoms with Gasteiger partial charge in [-0.25, -0.2) is 4.98 Å². The maximum Gasteiger partial charge on any atom is 0.262 e. The van der Waals surface area contributed by atoms with Gasteiger partial charge in [-0.1, -0.05) is 25.6 Å². The molecule has 1 amide bonds. The van der Waals surface area contributed by atoms with Gasteiger partial charge in [0.05, 0.1) is 11.1 Å². The summed E-state index contributed by atoms with van der Waals surface area (Å²) in [7, 11) is 1.75. The van der Waals surface area contributed by atoms with Crippen LogP contribution in [0.25, 0.3) is 10.2 Å². The molecule has 1 aliphatic rings. The zero-order valence-electron chi connectivity index (χ0n) is 15.1. The number of rotatable bonds is 6. The van der Waals surface area contributed by atoms with Gasteiger partial charge >= 0.3 is 0 Å². The molecule has 0 radical (unpaired) electrons. The fourth-order valence-corrected chi connectivity index (χ4v) is 5.18. The molecule has 1 aliphatic carbocycles. The Kier molecular flexibility index (Phi) is 5.84. The fourth-order valence-electron chi connectivity index (χ4n) is 3.08. The number of amides is 1. The van der Waals surface area contributed by atoms with Crippen molar-refractivity contribution in [2.45, 2.75) is 51.1 Å². The van der Waals surface area contributed by atoms with Crippen LogP contribution in [0.1, 0.15) is 43.6 Å². The molecule has 3 rings (SSSR count). The van der Waals surface area contributed by atoms with Crippen LogP contribution in [0.4, 0.5) is 0 Å². The molecule has 0 atom stereocenters. The Morgan fingerprint density at radius 2 is 2.12 bits per heavy atom. The van der Waals surface area contributed by atoms with Gasteiger partial charge in [0.25, 0.3) is 5.56 Å². The van der Waals surface area contributed by atoms with Gasteiger partial charge in [0.15, 0.2) is 5.16 Å². The zero-order chi connectivity index (χ0) is 18.0. The summed E-state index contributed by atoms with van der Waals surface area (Å²) in [5.74, 6) is 0.850. The molecule has 1 N–H and O–H groups in total. The van der Waals surface area contributed by atoms with Crippen molar-refractivity contribution in [3.8, 4) is 0 Å². The van der Waals surface area contributed by atoms with Crippen molar-refractivity contribution >= 4 is 39.2 Å². The molecule has 0 saturated heterocycles. The molecule has 0 saturated carbocycles. The van der Waals surface area contributed by atoms with Crippen LogP contribution in [0.2, 0.25) is 0 Å². The molecule has 2 heterocycles. The predicted octanol–water partition coefficient (Wildman–Crippen LogP) is 3.13. The third kappa shape index (κ3) is 4.08. The highest BCUT2D eigenvalue weighted by atomic mass is 32.2. The third-order valence-electron chi connectivity index (χ3n) is 4.53. The first-order valence-electron chi connectivity index (χ1n) is 8.88. The van der Waals surface area contributed by atoms with Crippen LogP contribution in [0.15, 0.2) is 9.95 Å². The number of fused-ring (bicyclic) bond motifs is 3. The van der Waals surface area contributed by atoms with E-state index in [0.29, 0.717) is 17.6 Å². The summed E-state index contributed by atoms with van der Waals surface area (Å²) in [6.45, 7) is 4.97. The number of thioether (sulfide) groups is 1. The molecular weight excluding hydrogens is 354 g/mol. The Balaban J connectivity index is 1.75. The van der Waals surface area contributed by atoms with Crippen LogP contribution in [0.5, 0.6) is 0 Å². The average Bonchev–Trinajstić information content (AvgIpc) is 2.94. The number of hydrogen-bond acceptors (Lipinski definition) is 5. The van der Waals surface area contributed by atoms with Crippen molar-refractivity contribution in [3.05, 3.63) is 20.8 Å². The molecule has 2 aromatic rings. The molecule has 25 heavy (non-hydrogen) atoms. The summed E-state index contributed by atoms with van der Waals surface area (Å²) in [5, 5.41) is 4.34. The largest absolute Gasteiger partial charge is 0.355 e. The monoisotopic (exact) mass is 379 g/mol. The lowest BCUT2D eigenvalue weighted by molar-refractivity contribution is -0.118. The zero-order valence-corrected chi connectivity index (χ0v) is 16.7. The maximum atomic E-state index is 12.8. The summed E-state index contributed by atoms with van der Waals surface area (Å²) in [4.78, 5) is 31.6. The van der Waals surface area contributed by atoms with E-state index in [1.54, 1.807) is 23.0 Å². The van der Waals surface area contributed by atoms with Crippen LogP contribution in [-0.4, -0.2) is 27.8 Å². The van der Waals surface area contributed by atoms with Gasteiger partial charge in [0.2, 0.25) is 5.91 Å². The minimum absolute atomic E-state index is 0.00882. The van der Waals surface area contributed by atoms with Crippen LogP contribution >= 0.6 is 23.1 Å². The van der Waals surface area contributed by atoms with Gasteiger partial charge in [-0.05, 0) is 43.6 Å². The van der Waals surface area contributed by atoms with Gasteiger partial charge in [0.1, 0.15) is 4.83 Å². The Labute approximate surface area is 156 Å². The average molecular weight is 380 g/mol. The first-order chi connectivity index (χ1) is 12.0. The van der Waals surface area contributed by atoms with E-state index >= 15 is 0 Å². The van der Waals surface area contributed by atoms with E-state index in [1.165, 1.54) is 28.6 Å². The molecule has 5 nitrogen and oxygen atoms in total. The minimum atomic E-state index is -0.00882. The maximum absolute atomic E-state index is 12.8. The van der Waals surface area contributed by atoms with E-state index in [9.17, 15) is 9.59 Å². The highest BCUT2D eigenvalue weighted by molar-refractivity contribution is 7.99. The summed E-state index contributed by atoms with van der Waals surface area (Å²) >= 11 is 2.99. The van der Waals surface area contributed by atoms with Gasteiger partial charge in [-0.15, -0.1) is 11.3 Å². The smallest absolute Gasteiger partial charge is 0.262 e. The molecule has 0 fully saturated rings. The van der Waals surface area contributed by atoms with Crippen molar-refractivity contribution in [2.75, 3.05) is 12.3 Å². The van der Waals surface area contributed by atoms with Gasteiger partial charge in [-0.3, -0.25) is 14.2 Å². The first kappa shape index (κ1) is 18.5. The molecular formula is C18H25N3O2S2. The number of carbonyl (C=O) groups is 1. The van der Waals surface area contributed by atoms with E-state index in [0.717, 1.165) is 35.9 Å². The third-order valence-corrected chi connectivity index (χ3v) is 6.75. The minimum Gasteiger partial charge on any atom is -0.355 e. The molecule has 0 unspecified atom stereocenters. The second-order valence-electron chi connectivity index (χ2n) is 6.97. The van der Waals surface area contributed by atoms with Crippen LogP contribution in [0, 0.1) is 5.92 Å². The second-order valence-corrected chi connectivity index (χ2v) is 9.00. The molecule has 0 spiro atoms. The Hall–Kier alpha value is -1.34. The fraction of sp³-hybridized carbons (Fsp3) is 0.611. The SMILES string of the molecule is CC(C)CCNC(=O)CSc1nc2sc3c(c2c(=O)n1C)CCCC3. The van der Waals surface area contributed by atoms with E-state index in [-0.39, 0.29) is 17.2 Å². The van der Waals surface area contributed by atoms with E-state index < -0.39 is 0 Å². The first-order valence-corrected chi connectivity index (χ1v) is 10.7. The van der Waals surface area contributed by atoms with Crippen molar-refractivity contribution in [3.63, 3.8) is 0 Å². The number of nitrogens with one attached hydrogen (secondary N) is 1. The Morgan fingerprint density at radius 1 is 1.36 bits per heavy atom. The van der Waals surface area contributed by atoms with Gasteiger partial charge in [0, 0.05) is 18.5 Å². The standard InChI is InChI=1S/C18H25N3O2S2/c1-11(2)8-9-19-14(22)10-24-18-20-16-15(17(23)21(18)3)12-6-4-5-7-13(12)25-16/h11H,4-10H2,1-3H3,(H,19,22). The number of aromatic nitrogens is 2. The molecule has 0 aromatic carbocycles. The molecule has 0 aliphatic heterocycles. The van der Waals surface area contributed by atoms with Crippen LogP contribution < -0.4 is 10.9 Å². The lowest BCUT2D eigenvalue weighted by Gasteiger charge is -2.11. The van der Waals surface area contributed by atoms with Crippen molar-refractivity contribution in [2.24, 2.45) is 13.0 Å². The topological polar surface area (TPSA) is 64.0 Å². The number of aryl methyl sites for hydroxylation is 2. The number of thiophene rings is 1. The van der Waals surface area contributed by atoms with E-state index in [1.807, 2.05) is 0 Å². The second kappa shape index (κ2) is 7.91.